The summed E-state index contributed by atoms with van der Waals surface area (Å²) >= 11 is 0. The van der Waals surface area contributed by atoms with Gasteiger partial charge in [0.05, 0.1) is 21.3 Å². The molecule has 1 aliphatic heterocycles. The number of hydrogen-bond acceptors (Lipinski definition) is 5. The van der Waals surface area contributed by atoms with E-state index in [1.165, 1.54) is 5.56 Å². The zero-order chi connectivity index (χ0) is 21.3. The number of hydrogen-bond donors (Lipinski definition) is 1. The molecule has 2 aromatic carbocycles. The van der Waals surface area contributed by atoms with E-state index < -0.39 is 0 Å². The molecule has 0 amide bonds. The summed E-state index contributed by atoms with van der Waals surface area (Å²) in [6.45, 7) is 5.53. The summed E-state index contributed by atoms with van der Waals surface area (Å²) in [7, 11) is 6.69. The van der Waals surface area contributed by atoms with Gasteiger partial charge in [-0.25, -0.2) is 0 Å². The second-order valence-electron chi connectivity index (χ2n) is 7.18. The van der Waals surface area contributed by atoms with Crippen LogP contribution in [0.1, 0.15) is 11.1 Å². The molecule has 1 aliphatic rings. The van der Waals surface area contributed by atoms with Gasteiger partial charge in [0.15, 0.2) is 17.5 Å². The van der Waals surface area contributed by atoms with Crippen molar-refractivity contribution in [3.63, 3.8) is 0 Å². The highest BCUT2D eigenvalue weighted by atomic mass is 127. The fourth-order valence-corrected chi connectivity index (χ4v) is 3.71. The molecule has 3 rings (SSSR count). The lowest BCUT2D eigenvalue weighted by atomic mass is 10.1. The van der Waals surface area contributed by atoms with Gasteiger partial charge in [-0.1, -0.05) is 30.3 Å². The molecule has 1 N–H and O–H groups in total. The van der Waals surface area contributed by atoms with Gasteiger partial charge in [-0.05, 0) is 23.3 Å². The number of benzene rings is 2. The molecule has 31 heavy (non-hydrogen) atoms. The Morgan fingerprint density at radius 3 is 2.03 bits per heavy atom. The fourth-order valence-electron chi connectivity index (χ4n) is 3.71. The van der Waals surface area contributed by atoms with Gasteiger partial charge in [-0.15, -0.1) is 24.0 Å². The lowest BCUT2D eigenvalue weighted by Crippen LogP contribution is -2.52. The smallest absolute Gasteiger partial charge is 0.203 e. The Hall–Kier alpha value is -2.20. The van der Waals surface area contributed by atoms with Crippen molar-refractivity contribution in [3.05, 3.63) is 53.6 Å². The number of aliphatic imine (C=N–C) groups is 1. The Kier molecular flexibility index (Phi) is 10.2. The molecular formula is C23H33IN4O3. The van der Waals surface area contributed by atoms with Gasteiger partial charge in [0.1, 0.15) is 0 Å². The lowest BCUT2D eigenvalue weighted by Gasteiger charge is -2.36. The highest BCUT2D eigenvalue weighted by Gasteiger charge is 2.20. The summed E-state index contributed by atoms with van der Waals surface area (Å²) in [6, 6.07) is 14.5. The van der Waals surface area contributed by atoms with Crippen molar-refractivity contribution in [2.75, 3.05) is 54.6 Å². The Balaban J connectivity index is 0.00000341. The van der Waals surface area contributed by atoms with Gasteiger partial charge in [0.2, 0.25) is 5.75 Å². The number of methoxy groups -OCH3 is 3. The van der Waals surface area contributed by atoms with Crippen molar-refractivity contribution in [2.45, 2.75) is 13.1 Å². The third-order valence-electron chi connectivity index (χ3n) is 5.31. The third-order valence-corrected chi connectivity index (χ3v) is 5.31. The van der Waals surface area contributed by atoms with Crippen LogP contribution in [0.5, 0.6) is 17.2 Å². The number of nitrogens with one attached hydrogen (secondary N) is 1. The van der Waals surface area contributed by atoms with Crippen molar-refractivity contribution in [2.24, 2.45) is 4.99 Å². The van der Waals surface area contributed by atoms with Crippen LogP contribution >= 0.6 is 24.0 Å². The van der Waals surface area contributed by atoms with Crippen LogP contribution in [0, 0.1) is 0 Å². The quantitative estimate of drug-likeness (QED) is 0.331. The van der Waals surface area contributed by atoms with Crippen molar-refractivity contribution < 1.29 is 14.2 Å². The molecule has 0 saturated carbocycles. The summed E-state index contributed by atoms with van der Waals surface area (Å²) in [5, 5.41) is 3.47. The first-order valence-corrected chi connectivity index (χ1v) is 10.2. The van der Waals surface area contributed by atoms with Crippen LogP contribution in [-0.4, -0.2) is 70.3 Å². The van der Waals surface area contributed by atoms with Crippen molar-refractivity contribution in [3.8, 4) is 17.2 Å². The fraction of sp³-hybridized carbons (Fsp3) is 0.435. The van der Waals surface area contributed by atoms with Crippen LogP contribution in [0.4, 0.5) is 0 Å². The first kappa shape index (κ1) is 25.1. The predicted molar refractivity (Wildman–Crippen MR) is 135 cm³/mol. The Labute approximate surface area is 202 Å². The molecule has 0 spiro atoms. The maximum atomic E-state index is 5.45. The van der Waals surface area contributed by atoms with Gasteiger partial charge in [0.25, 0.3) is 0 Å². The Morgan fingerprint density at radius 1 is 0.903 bits per heavy atom. The maximum absolute atomic E-state index is 5.45. The van der Waals surface area contributed by atoms with E-state index in [-0.39, 0.29) is 24.0 Å². The number of guanidine groups is 1. The van der Waals surface area contributed by atoms with Crippen molar-refractivity contribution >= 4 is 29.9 Å². The summed E-state index contributed by atoms with van der Waals surface area (Å²) in [5.41, 5.74) is 2.39. The highest BCUT2D eigenvalue weighted by Crippen LogP contribution is 2.38. The molecule has 1 fully saturated rings. The number of rotatable bonds is 7. The van der Waals surface area contributed by atoms with E-state index in [2.05, 4.69) is 50.4 Å². The molecule has 0 unspecified atom stereocenters. The van der Waals surface area contributed by atoms with E-state index in [0.717, 1.165) is 44.2 Å². The van der Waals surface area contributed by atoms with E-state index in [0.29, 0.717) is 23.8 Å². The third kappa shape index (κ3) is 6.64. The van der Waals surface area contributed by atoms with Crippen LogP contribution < -0.4 is 19.5 Å². The first-order valence-electron chi connectivity index (χ1n) is 10.2. The molecule has 0 bridgehead atoms. The standard InChI is InChI=1S/C23H32N4O3.HI/c1-24-23(25-16-19-14-20(28-2)22(30-4)21(15-19)29-3)27-12-10-26(11-13-27)17-18-8-6-5-7-9-18;/h5-9,14-15H,10-13,16-17H2,1-4H3,(H,24,25);1H. The molecule has 170 valence electrons. The number of nitrogens with zero attached hydrogens (tertiary/aromatic N) is 3. The average Bonchev–Trinajstić information content (AvgIpc) is 2.80. The molecule has 0 aromatic heterocycles. The maximum Gasteiger partial charge on any atom is 0.203 e. The minimum Gasteiger partial charge on any atom is -0.493 e. The summed E-state index contributed by atoms with van der Waals surface area (Å²) in [6.07, 6.45) is 0. The SMILES string of the molecule is CN=C(NCc1cc(OC)c(OC)c(OC)c1)N1CCN(Cc2ccccc2)CC1.I. The van der Waals surface area contributed by atoms with E-state index in [4.69, 9.17) is 14.2 Å². The largest absolute Gasteiger partial charge is 0.493 e. The van der Waals surface area contributed by atoms with Gasteiger partial charge in [-0.2, -0.15) is 0 Å². The van der Waals surface area contributed by atoms with E-state index in [1.807, 2.05) is 19.2 Å². The van der Waals surface area contributed by atoms with Crippen molar-refractivity contribution in [1.29, 1.82) is 0 Å². The van der Waals surface area contributed by atoms with Gasteiger partial charge in [-0.3, -0.25) is 9.89 Å². The van der Waals surface area contributed by atoms with Gasteiger partial charge >= 0.3 is 0 Å². The minimum absolute atomic E-state index is 0. The average molecular weight is 540 g/mol. The molecule has 8 heteroatoms. The number of piperazine rings is 1. The molecule has 0 atom stereocenters. The molecule has 1 heterocycles. The van der Waals surface area contributed by atoms with Gasteiger partial charge in [0, 0.05) is 46.3 Å². The molecule has 1 saturated heterocycles. The highest BCUT2D eigenvalue weighted by molar-refractivity contribution is 14.0. The predicted octanol–water partition coefficient (Wildman–Crippen LogP) is 3.22. The lowest BCUT2D eigenvalue weighted by molar-refractivity contribution is 0.172. The van der Waals surface area contributed by atoms with E-state index in [1.54, 1.807) is 21.3 Å². The van der Waals surface area contributed by atoms with Crippen LogP contribution in [0.2, 0.25) is 0 Å². The summed E-state index contributed by atoms with van der Waals surface area (Å²) in [5.74, 6) is 2.81. The molecule has 0 aliphatic carbocycles. The van der Waals surface area contributed by atoms with Crippen LogP contribution in [0.25, 0.3) is 0 Å². The molecule has 0 radical (unpaired) electrons. The Morgan fingerprint density at radius 2 is 1.52 bits per heavy atom. The zero-order valence-electron chi connectivity index (χ0n) is 18.8. The molecule has 7 nitrogen and oxygen atoms in total. The molecule has 2 aromatic rings. The second kappa shape index (κ2) is 12.6. The van der Waals surface area contributed by atoms with Gasteiger partial charge < -0.3 is 24.4 Å². The van der Waals surface area contributed by atoms with Crippen LogP contribution in [0.15, 0.2) is 47.5 Å². The summed E-state index contributed by atoms with van der Waals surface area (Å²) < 4.78 is 16.3. The van der Waals surface area contributed by atoms with Crippen LogP contribution in [0.3, 0.4) is 0 Å². The van der Waals surface area contributed by atoms with E-state index >= 15 is 0 Å². The molecular weight excluding hydrogens is 507 g/mol. The summed E-state index contributed by atoms with van der Waals surface area (Å²) in [4.78, 5) is 9.27. The minimum atomic E-state index is 0. The van der Waals surface area contributed by atoms with Crippen LogP contribution in [-0.2, 0) is 13.1 Å². The Bertz CT molecular complexity index is 815. The van der Waals surface area contributed by atoms with E-state index in [9.17, 15) is 0 Å². The normalized spacial score (nSPS) is 14.6. The topological polar surface area (TPSA) is 58.6 Å². The number of ether oxygens (including phenoxy) is 3. The first-order chi connectivity index (χ1) is 14.7. The monoisotopic (exact) mass is 540 g/mol. The van der Waals surface area contributed by atoms with Crippen molar-refractivity contribution in [1.82, 2.24) is 15.1 Å². The second-order valence-corrected chi connectivity index (χ2v) is 7.18. The number of halogens is 1. The zero-order valence-corrected chi connectivity index (χ0v) is 21.1.